The number of hydrogen-bond acceptors (Lipinski definition) is 3. The summed E-state index contributed by atoms with van der Waals surface area (Å²) in [6.07, 6.45) is 7.58. The molecule has 0 saturated heterocycles. The minimum atomic E-state index is -0.327. The van der Waals surface area contributed by atoms with Gasteiger partial charge in [0, 0.05) is 39.3 Å². The zero-order chi connectivity index (χ0) is 29.8. The Hall–Kier alpha value is -5.03. The first-order chi connectivity index (χ1) is 21.5. The number of carbonyl (C=O) groups excluding carboxylic acids is 1. The maximum absolute atomic E-state index is 14.5. The van der Waals surface area contributed by atoms with Gasteiger partial charge in [0.05, 0.1) is 28.0 Å². The molecule has 2 fully saturated rings. The first kappa shape index (κ1) is 26.6. The van der Waals surface area contributed by atoms with Crippen LogP contribution in [0.3, 0.4) is 0 Å². The Morgan fingerprint density at radius 3 is 1.66 bits per heavy atom. The van der Waals surface area contributed by atoms with Gasteiger partial charge in [-0.3, -0.25) is 14.8 Å². The number of allylic oxidation sites excluding steroid dienone is 1. The Labute approximate surface area is 253 Å². The van der Waals surface area contributed by atoms with Crippen LogP contribution in [0.4, 0.5) is 8.78 Å². The second kappa shape index (κ2) is 10.6. The van der Waals surface area contributed by atoms with Crippen molar-refractivity contribution in [3.05, 3.63) is 137 Å². The fourth-order valence-electron chi connectivity index (χ4n) is 6.30. The van der Waals surface area contributed by atoms with E-state index in [0.717, 1.165) is 86.7 Å². The lowest BCUT2D eigenvalue weighted by molar-refractivity contribution is 0.104. The van der Waals surface area contributed by atoms with Crippen molar-refractivity contribution >= 4 is 33.7 Å². The standard InChI is InChI=1S/C39H28F2N2O/c40-27-17-13-23(14-18-27)35-29-5-1-3-7-32(29)42-38(25-9-10-25)31(35)21-22-34(44)37-36(24-15-19-28(41)20-16-24)30-6-2-4-8-33(30)43-39(37)26-11-12-26/h1-8,13-22,25-26H,9-12H2. The molecule has 0 N–H and O–H groups in total. The van der Waals surface area contributed by atoms with E-state index >= 15 is 0 Å². The van der Waals surface area contributed by atoms with Crippen LogP contribution in [0.2, 0.25) is 0 Å². The molecule has 0 aliphatic heterocycles. The Kier molecular flexibility index (Phi) is 6.41. The van der Waals surface area contributed by atoms with Crippen molar-refractivity contribution in [2.75, 3.05) is 0 Å². The molecule has 44 heavy (non-hydrogen) atoms. The largest absolute Gasteiger partial charge is 0.289 e. The lowest BCUT2D eigenvalue weighted by atomic mass is 9.89. The molecule has 214 valence electrons. The van der Waals surface area contributed by atoms with Crippen molar-refractivity contribution < 1.29 is 13.6 Å². The first-order valence-electron chi connectivity index (χ1n) is 15.1. The molecule has 0 bridgehead atoms. The first-order valence-corrected chi connectivity index (χ1v) is 15.1. The van der Waals surface area contributed by atoms with Gasteiger partial charge in [-0.05, 0) is 85.4 Å². The minimum Gasteiger partial charge on any atom is -0.289 e. The van der Waals surface area contributed by atoms with Gasteiger partial charge in [0.25, 0.3) is 0 Å². The third-order valence-corrected chi connectivity index (χ3v) is 8.72. The van der Waals surface area contributed by atoms with Crippen LogP contribution in [-0.2, 0) is 0 Å². The number of para-hydroxylation sites is 2. The van der Waals surface area contributed by atoms with E-state index in [2.05, 4.69) is 0 Å². The normalized spacial score (nSPS) is 15.0. The summed E-state index contributed by atoms with van der Waals surface area (Å²) in [7, 11) is 0. The maximum atomic E-state index is 14.5. The summed E-state index contributed by atoms with van der Waals surface area (Å²) >= 11 is 0. The van der Waals surface area contributed by atoms with Crippen LogP contribution in [0.15, 0.2) is 103 Å². The molecule has 3 nitrogen and oxygen atoms in total. The number of benzene rings is 4. The van der Waals surface area contributed by atoms with Crippen molar-refractivity contribution in [3.8, 4) is 22.3 Å². The number of fused-ring (bicyclic) bond motifs is 2. The van der Waals surface area contributed by atoms with Gasteiger partial charge in [-0.25, -0.2) is 8.78 Å². The zero-order valence-electron chi connectivity index (χ0n) is 23.9. The number of ketones is 1. The molecular formula is C39H28F2N2O. The summed E-state index contributed by atoms with van der Waals surface area (Å²) in [5.41, 5.74) is 8.30. The predicted octanol–water partition coefficient (Wildman–Crippen LogP) is 10.0. The van der Waals surface area contributed by atoms with Crippen LogP contribution in [0.25, 0.3) is 50.1 Å². The van der Waals surface area contributed by atoms with E-state index in [1.54, 1.807) is 30.3 Å². The lowest BCUT2D eigenvalue weighted by Crippen LogP contribution is -2.07. The van der Waals surface area contributed by atoms with Gasteiger partial charge in [-0.1, -0.05) is 60.7 Å². The van der Waals surface area contributed by atoms with E-state index in [9.17, 15) is 13.6 Å². The highest BCUT2D eigenvalue weighted by atomic mass is 19.1. The van der Waals surface area contributed by atoms with E-state index < -0.39 is 0 Å². The van der Waals surface area contributed by atoms with E-state index in [0.29, 0.717) is 11.5 Å². The van der Waals surface area contributed by atoms with E-state index in [-0.39, 0.29) is 23.3 Å². The minimum absolute atomic E-state index is 0.149. The summed E-state index contributed by atoms with van der Waals surface area (Å²) in [5, 5.41) is 1.81. The second-order valence-corrected chi connectivity index (χ2v) is 11.8. The van der Waals surface area contributed by atoms with Crippen LogP contribution < -0.4 is 0 Å². The molecular weight excluding hydrogens is 550 g/mol. The molecule has 2 aromatic heterocycles. The van der Waals surface area contributed by atoms with Gasteiger partial charge >= 0.3 is 0 Å². The van der Waals surface area contributed by atoms with E-state index in [1.807, 2.05) is 54.6 Å². The van der Waals surface area contributed by atoms with Crippen LogP contribution in [0, 0.1) is 11.6 Å². The van der Waals surface area contributed by atoms with Gasteiger partial charge in [0.1, 0.15) is 11.6 Å². The van der Waals surface area contributed by atoms with Crippen molar-refractivity contribution in [2.45, 2.75) is 37.5 Å². The van der Waals surface area contributed by atoms with Crippen LogP contribution in [0.1, 0.15) is 64.8 Å². The fourth-order valence-corrected chi connectivity index (χ4v) is 6.30. The van der Waals surface area contributed by atoms with Crippen molar-refractivity contribution in [1.29, 1.82) is 0 Å². The van der Waals surface area contributed by atoms with E-state index in [4.69, 9.17) is 9.97 Å². The SMILES string of the molecule is O=C(C=Cc1c(C2CC2)nc2ccccc2c1-c1ccc(F)cc1)c1c(C2CC2)nc2ccccc2c1-c1ccc(F)cc1. The number of nitrogens with zero attached hydrogens (tertiary/aromatic N) is 2. The molecule has 2 heterocycles. The average molecular weight is 579 g/mol. The van der Waals surface area contributed by atoms with Gasteiger partial charge in [0.2, 0.25) is 0 Å². The van der Waals surface area contributed by atoms with Crippen LogP contribution >= 0.6 is 0 Å². The number of rotatable bonds is 7. The molecule has 8 rings (SSSR count). The third kappa shape index (κ3) is 4.79. The Bertz CT molecular complexity index is 2110. The molecule has 2 aliphatic carbocycles. The Balaban J connectivity index is 1.34. The molecule has 4 aromatic carbocycles. The predicted molar refractivity (Wildman–Crippen MR) is 172 cm³/mol. The Morgan fingerprint density at radius 1 is 0.614 bits per heavy atom. The molecule has 2 aliphatic rings. The fraction of sp³-hybridized carbons (Fsp3) is 0.154. The molecule has 0 amide bonds. The maximum Gasteiger partial charge on any atom is 0.188 e. The highest BCUT2D eigenvalue weighted by Crippen LogP contribution is 2.47. The summed E-state index contributed by atoms with van der Waals surface area (Å²) in [6, 6.07) is 28.7. The van der Waals surface area contributed by atoms with Crippen molar-refractivity contribution in [3.63, 3.8) is 0 Å². The molecule has 0 unspecified atom stereocenters. The molecule has 5 heteroatoms. The number of pyridine rings is 2. The summed E-state index contributed by atoms with van der Waals surface area (Å²) in [4.78, 5) is 24.5. The zero-order valence-corrected chi connectivity index (χ0v) is 23.9. The number of halogens is 2. The quantitative estimate of drug-likeness (QED) is 0.140. The van der Waals surface area contributed by atoms with E-state index in [1.165, 1.54) is 24.3 Å². The van der Waals surface area contributed by atoms with Crippen LogP contribution in [-0.4, -0.2) is 15.8 Å². The van der Waals surface area contributed by atoms with Gasteiger partial charge in [-0.2, -0.15) is 0 Å². The molecule has 0 spiro atoms. The molecule has 0 atom stereocenters. The number of hydrogen-bond donors (Lipinski definition) is 0. The number of aromatic nitrogens is 2. The average Bonchev–Trinajstić information content (AvgIpc) is 3.97. The number of carbonyl (C=O) groups is 1. The lowest BCUT2D eigenvalue weighted by Gasteiger charge is -2.17. The monoisotopic (exact) mass is 578 g/mol. The van der Waals surface area contributed by atoms with Crippen molar-refractivity contribution in [1.82, 2.24) is 9.97 Å². The highest BCUT2D eigenvalue weighted by Gasteiger charge is 2.33. The summed E-state index contributed by atoms with van der Waals surface area (Å²) in [5.74, 6) is -0.249. The molecule has 6 aromatic rings. The van der Waals surface area contributed by atoms with Gasteiger partial charge < -0.3 is 0 Å². The molecule has 0 radical (unpaired) electrons. The van der Waals surface area contributed by atoms with Gasteiger partial charge in [0.15, 0.2) is 5.78 Å². The Morgan fingerprint density at radius 2 is 1.09 bits per heavy atom. The second-order valence-electron chi connectivity index (χ2n) is 11.8. The summed E-state index contributed by atoms with van der Waals surface area (Å²) in [6.45, 7) is 0. The molecule has 2 saturated carbocycles. The smallest absolute Gasteiger partial charge is 0.188 e. The van der Waals surface area contributed by atoms with Crippen LogP contribution in [0.5, 0.6) is 0 Å². The van der Waals surface area contributed by atoms with Gasteiger partial charge in [-0.15, -0.1) is 0 Å². The summed E-state index contributed by atoms with van der Waals surface area (Å²) < 4.78 is 28.0. The van der Waals surface area contributed by atoms with Crippen molar-refractivity contribution in [2.24, 2.45) is 0 Å². The topological polar surface area (TPSA) is 42.9 Å². The highest BCUT2D eigenvalue weighted by molar-refractivity contribution is 6.16. The third-order valence-electron chi connectivity index (χ3n) is 8.72.